The summed E-state index contributed by atoms with van der Waals surface area (Å²) in [4.78, 5) is 0. The molecule has 0 spiro atoms. The Hall–Kier alpha value is -3.71. The highest BCUT2D eigenvalue weighted by molar-refractivity contribution is 6.30. The average molecular weight is 453 g/mol. The van der Waals surface area contributed by atoms with Gasteiger partial charge < -0.3 is 23.4 Å². The molecule has 7 nitrogen and oxygen atoms in total. The van der Waals surface area contributed by atoms with Gasteiger partial charge in [0.05, 0.1) is 21.3 Å². The molecule has 0 unspecified atom stereocenters. The van der Waals surface area contributed by atoms with Gasteiger partial charge in [0.15, 0.2) is 11.5 Å². The van der Waals surface area contributed by atoms with E-state index >= 15 is 0 Å². The van der Waals surface area contributed by atoms with Crippen molar-refractivity contribution in [3.63, 3.8) is 0 Å². The van der Waals surface area contributed by atoms with Crippen LogP contribution in [-0.2, 0) is 6.61 Å². The van der Waals surface area contributed by atoms with E-state index in [1.165, 1.54) is 0 Å². The first kappa shape index (κ1) is 21.5. The molecule has 8 heteroatoms. The fraction of sp³-hybridized carbons (Fsp3) is 0.167. The number of aromatic nitrogens is 2. The van der Waals surface area contributed by atoms with Crippen molar-refractivity contribution in [2.45, 2.75) is 6.61 Å². The van der Waals surface area contributed by atoms with Crippen molar-refractivity contribution in [2.75, 3.05) is 21.3 Å². The van der Waals surface area contributed by atoms with Crippen molar-refractivity contribution in [3.05, 3.63) is 71.2 Å². The van der Waals surface area contributed by atoms with Crippen LogP contribution < -0.4 is 18.9 Å². The fourth-order valence-electron chi connectivity index (χ4n) is 3.20. The van der Waals surface area contributed by atoms with Gasteiger partial charge in [-0.1, -0.05) is 29.8 Å². The first-order valence-electron chi connectivity index (χ1n) is 9.73. The Morgan fingerprint density at radius 1 is 0.812 bits per heavy atom. The average Bonchev–Trinajstić information content (AvgIpc) is 3.33. The number of rotatable bonds is 8. The summed E-state index contributed by atoms with van der Waals surface area (Å²) < 4.78 is 28.1. The lowest BCUT2D eigenvalue weighted by atomic mass is 10.1. The molecule has 1 aromatic heterocycles. The van der Waals surface area contributed by atoms with Gasteiger partial charge in [-0.05, 0) is 42.5 Å². The maximum atomic E-state index is 5.99. The molecule has 0 aliphatic heterocycles. The smallest absolute Gasteiger partial charge is 0.248 e. The molecule has 3 aromatic carbocycles. The summed E-state index contributed by atoms with van der Waals surface area (Å²) in [5.41, 5.74) is 2.34. The van der Waals surface area contributed by atoms with E-state index in [0.29, 0.717) is 52.0 Å². The number of nitrogens with zero attached hydrogens (tertiary/aromatic N) is 2. The van der Waals surface area contributed by atoms with E-state index in [4.69, 9.17) is 35.0 Å². The van der Waals surface area contributed by atoms with Crippen LogP contribution >= 0.6 is 11.6 Å². The molecule has 1 heterocycles. The SMILES string of the molecule is COc1cc(-c2nnc(-c3ccccc3COc3ccc(Cl)cc3)o2)cc(OC)c1OC. The predicted octanol–water partition coefficient (Wildman–Crippen LogP) is 5.66. The number of benzene rings is 3. The second-order valence-electron chi connectivity index (χ2n) is 6.73. The summed E-state index contributed by atoms with van der Waals surface area (Å²) in [5.74, 6) is 2.91. The minimum atomic E-state index is 0.327. The van der Waals surface area contributed by atoms with Crippen LogP contribution in [0, 0.1) is 0 Å². The van der Waals surface area contributed by atoms with Crippen molar-refractivity contribution in [1.82, 2.24) is 10.2 Å². The summed E-state index contributed by atoms with van der Waals surface area (Å²) in [6.45, 7) is 0.333. The van der Waals surface area contributed by atoms with E-state index in [1.54, 1.807) is 45.6 Å². The third kappa shape index (κ3) is 4.48. The van der Waals surface area contributed by atoms with Gasteiger partial charge in [-0.25, -0.2) is 0 Å². The van der Waals surface area contributed by atoms with E-state index < -0.39 is 0 Å². The van der Waals surface area contributed by atoms with Gasteiger partial charge in [0, 0.05) is 21.7 Å². The molecular weight excluding hydrogens is 432 g/mol. The molecule has 0 saturated heterocycles. The Morgan fingerprint density at radius 3 is 2.12 bits per heavy atom. The van der Waals surface area contributed by atoms with Crippen LogP contribution in [-0.4, -0.2) is 31.5 Å². The zero-order chi connectivity index (χ0) is 22.5. The number of halogens is 1. The second-order valence-corrected chi connectivity index (χ2v) is 7.16. The molecule has 0 aliphatic carbocycles. The van der Waals surface area contributed by atoms with E-state index in [0.717, 1.165) is 11.1 Å². The number of hydrogen-bond donors (Lipinski definition) is 0. The van der Waals surface area contributed by atoms with Crippen molar-refractivity contribution in [2.24, 2.45) is 0 Å². The third-order valence-electron chi connectivity index (χ3n) is 4.79. The van der Waals surface area contributed by atoms with Crippen LogP contribution in [0.4, 0.5) is 0 Å². The molecule has 0 N–H and O–H groups in total. The summed E-state index contributed by atoms with van der Waals surface area (Å²) in [6, 6.07) is 18.4. The topological polar surface area (TPSA) is 75.8 Å². The zero-order valence-corrected chi connectivity index (χ0v) is 18.6. The zero-order valence-electron chi connectivity index (χ0n) is 17.8. The normalized spacial score (nSPS) is 10.6. The predicted molar refractivity (Wildman–Crippen MR) is 121 cm³/mol. The monoisotopic (exact) mass is 452 g/mol. The molecule has 0 fully saturated rings. The van der Waals surface area contributed by atoms with Crippen molar-refractivity contribution in [3.8, 4) is 45.9 Å². The Morgan fingerprint density at radius 2 is 1.47 bits per heavy atom. The van der Waals surface area contributed by atoms with Crippen LogP contribution in [0.15, 0.2) is 65.1 Å². The molecule has 0 atom stereocenters. The first-order chi connectivity index (χ1) is 15.6. The lowest BCUT2D eigenvalue weighted by Crippen LogP contribution is -1.98. The van der Waals surface area contributed by atoms with Crippen LogP contribution in [0.1, 0.15) is 5.56 Å². The molecular formula is C24H21ClN2O5. The molecule has 0 saturated carbocycles. The standard InChI is InChI=1S/C24H21ClN2O5/c1-28-20-12-16(13-21(29-2)22(20)30-3)23-26-27-24(32-23)19-7-5-4-6-15(19)14-31-18-10-8-17(25)9-11-18/h4-13H,14H2,1-3H3. The number of methoxy groups -OCH3 is 3. The highest BCUT2D eigenvalue weighted by Crippen LogP contribution is 2.41. The van der Waals surface area contributed by atoms with E-state index in [9.17, 15) is 0 Å². The summed E-state index contributed by atoms with van der Waals surface area (Å²) in [7, 11) is 4.66. The van der Waals surface area contributed by atoms with E-state index in [2.05, 4.69) is 10.2 Å². The summed E-state index contributed by atoms with van der Waals surface area (Å²) in [6.07, 6.45) is 0. The molecule has 4 rings (SSSR count). The summed E-state index contributed by atoms with van der Waals surface area (Å²) >= 11 is 5.94. The van der Waals surface area contributed by atoms with Crippen molar-refractivity contribution >= 4 is 11.6 Å². The molecule has 0 radical (unpaired) electrons. The quantitative estimate of drug-likeness (QED) is 0.341. The molecule has 0 aliphatic rings. The van der Waals surface area contributed by atoms with Gasteiger partial charge in [0.25, 0.3) is 0 Å². The number of ether oxygens (including phenoxy) is 4. The van der Waals surface area contributed by atoms with Crippen LogP contribution in [0.3, 0.4) is 0 Å². The van der Waals surface area contributed by atoms with Crippen LogP contribution in [0.25, 0.3) is 22.9 Å². The Labute approximate surface area is 190 Å². The minimum absolute atomic E-state index is 0.327. The van der Waals surface area contributed by atoms with Gasteiger partial charge in [0.1, 0.15) is 12.4 Å². The molecule has 4 aromatic rings. The van der Waals surface area contributed by atoms with Gasteiger partial charge >= 0.3 is 0 Å². The van der Waals surface area contributed by atoms with Gasteiger partial charge in [-0.2, -0.15) is 0 Å². The lowest BCUT2D eigenvalue weighted by molar-refractivity contribution is 0.306. The van der Waals surface area contributed by atoms with Crippen molar-refractivity contribution < 1.29 is 23.4 Å². The number of hydrogen-bond acceptors (Lipinski definition) is 7. The van der Waals surface area contributed by atoms with E-state index in [-0.39, 0.29) is 0 Å². The fourth-order valence-corrected chi connectivity index (χ4v) is 3.33. The largest absolute Gasteiger partial charge is 0.493 e. The highest BCUT2D eigenvalue weighted by Gasteiger charge is 2.19. The van der Waals surface area contributed by atoms with Gasteiger partial charge in [-0.15, -0.1) is 10.2 Å². The maximum absolute atomic E-state index is 5.99. The molecule has 32 heavy (non-hydrogen) atoms. The van der Waals surface area contributed by atoms with Crippen LogP contribution in [0.2, 0.25) is 5.02 Å². The summed E-state index contributed by atoms with van der Waals surface area (Å²) in [5, 5.41) is 9.11. The molecule has 164 valence electrons. The second kappa shape index (κ2) is 9.62. The lowest BCUT2D eigenvalue weighted by Gasteiger charge is -2.12. The van der Waals surface area contributed by atoms with Gasteiger partial charge in [0.2, 0.25) is 17.5 Å². The first-order valence-corrected chi connectivity index (χ1v) is 10.1. The minimum Gasteiger partial charge on any atom is -0.493 e. The Kier molecular flexibility index (Phi) is 6.47. The maximum Gasteiger partial charge on any atom is 0.248 e. The Bertz CT molecular complexity index is 1180. The van der Waals surface area contributed by atoms with E-state index in [1.807, 2.05) is 36.4 Å². The highest BCUT2D eigenvalue weighted by atomic mass is 35.5. The van der Waals surface area contributed by atoms with Crippen LogP contribution in [0.5, 0.6) is 23.0 Å². The third-order valence-corrected chi connectivity index (χ3v) is 5.04. The van der Waals surface area contributed by atoms with Crippen molar-refractivity contribution in [1.29, 1.82) is 0 Å². The molecule has 0 bridgehead atoms. The Balaban J connectivity index is 1.62. The van der Waals surface area contributed by atoms with Gasteiger partial charge in [-0.3, -0.25) is 0 Å². The molecule has 0 amide bonds.